The Morgan fingerprint density at radius 1 is 1.29 bits per heavy atom. The smallest absolute Gasteiger partial charge is 0.125 e. The molecule has 1 unspecified atom stereocenters. The minimum Gasteiger partial charge on any atom is -0.496 e. The molecule has 1 N–H and O–H groups in total. The lowest BCUT2D eigenvalue weighted by atomic mass is 9.93. The molecule has 0 heterocycles. The zero-order valence-corrected chi connectivity index (χ0v) is 14.0. The van der Waals surface area contributed by atoms with E-state index in [4.69, 9.17) is 4.74 Å². The van der Waals surface area contributed by atoms with Gasteiger partial charge in [0.1, 0.15) is 5.75 Å². The van der Waals surface area contributed by atoms with E-state index in [9.17, 15) is 0 Å². The average Bonchev–Trinajstić information content (AvgIpc) is 2.54. The van der Waals surface area contributed by atoms with Crippen molar-refractivity contribution in [1.82, 2.24) is 5.32 Å². The minimum atomic E-state index is 0.298. The van der Waals surface area contributed by atoms with Crippen molar-refractivity contribution >= 4 is 5.69 Å². The molecular weight excluding hydrogens is 260 g/mol. The first kappa shape index (κ1) is 16.2. The SMILES string of the molecule is CCNC(C)c1c(OC)cccc1N(C)C1CCCCC1. The summed E-state index contributed by atoms with van der Waals surface area (Å²) in [6, 6.07) is 7.38. The maximum atomic E-state index is 5.62. The Kier molecular flexibility index (Phi) is 5.92. The quantitative estimate of drug-likeness (QED) is 0.852. The number of methoxy groups -OCH3 is 1. The third-order valence-corrected chi connectivity index (χ3v) is 4.71. The lowest BCUT2D eigenvalue weighted by Gasteiger charge is -2.35. The standard InChI is InChI=1S/C18H30N2O/c1-5-19-14(2)18-16(12-9-13-17(18)21-4)20(3)15-10-7-6-8-11-15/h9,12-15,19H,5-8,10-11H2,1-4H3. The molecule has 1 fully saturated rings. The largest absolute Gasteiger partial charge is 0.496 e. The van der Waals surface area contributed by atoms with Gasteiger partial charge in [-0.25, -0.2) is 0 Å². The highest BCUT2D eigenvalue weighted by atomic mass is 16.5. The van der Waals surface area contributed by atoms with Crippen LogP contribution in [0.5, 0.6) is 5.75 Å². The number of benzene rings is 1. The first-order valence-corrected chi connectivity index (χ1v) is 8.32. The van der Waals surface area contributed by atoms with Crippen LogP contribution in [0.1, 0.15) is 57.6 Å². The molecule has 0 radical (unpaired) electrons. The zero-order chi connectivity index (χ0) is 15.2. The summed E-state index contributed by atoms with van der Waals surface area (Å²) < 4.78 is 5.62. The number of anilines is 1. The van der Waals surface area contributed by atoms with Crippen molar-refractivity contribution in [2.75, 3.05) is 25.6 Å². The molecule has 21 heavy (non-hydrogen) atoms. The highest BCUT2D eigenvalue weighted by Gasteiger charge is 2.23. The third kappa shape index (κ3) is 3.70. The van der Waals surface area contributed by atoms with Crippen molar-refractivity contribution in [3.8, 4) is 5.75 Å². The van der Waals surface area contributed by atoms with Crippen LogP contribution >= 0.6 is 0 Å². The molecule has 0 amide bonds. The zero-order valence-electron chi connectivity index (χ0n) is 14.0. The van der Waals surface area contributed by atoms with Gasteiger partial charge in [0.05, 0.1) is 7.11 Å². The van der Waals surface area contributed by atoms with E-state index in [1.165, 1.54) is 43.4 Å². The van der Waals surface area contributed by atoms with Crippen LogP contribution in [-0.2, 0) is 0 Å². The van der Waals surface area contributed by atoms with Gasteiger partial charge in [-0.05, 0) is 38.4 Å². The van der Waals surface area contributed by atoms with E-state index in [2.05, 4.69) is 49.3 Å². The van der Waals surface area contributed by atoms with E-state index in [0.29, 0.717) is 12.1 Å². The van der Waals surface area contributed by atoms with Crippen LogP contribution in [-0.4, -0.2) is 26.7 Å². The number of rotatable bonds is 6. The van der Waals surface area contributed by atoms with Crippen molar-refractivity contribution in [1.29, 1.82) is 0 Å². The van der Waals surface area contributed by atoms with Crippen LogP contribution < -0.4 is 15.0 Å². The first-order chi connectivity index (χ1) is 10.2. The molecule has 0 spiro atoms. The third-order valence-electron chi connectivity index (χ3n) is 4.71. The van der Waals surface area contributed by atoms with E-state index in [0.717, 1.165) is 12.3 Å². The predicted octanol–water partition coefficient (Wildman–Crippen LogP) is 4.13. The van der Waals surface area contributed by atoms with Crippen molar-refractivity contribution < 1.29 is 4.74 Å². The van der Waals surface area contributed by atoms with Gasteiger partial charge in [0.2, 0.25) is 0 Å². The molecule has 118 valence electrons. The van der Waals surface area contributed by atoms with Gasteiger partial charge < -0.3 is 15.0 Å². The number of hydrogen-bond donors (Lipinski definition) is 1. The Bertz CT molecular complexity index is 441. The Labute approximate surface area is 129 Å². The highest BCUT2D eigenvalue weighted by Crippen LogP contribution is 2.36. The lowest BCUT2D eigenvalue weighted by Crippen LogP contribution is -2.34. The summed E-state index contributed by atoms with van der Waals surface area (Å²) in [5, 5.41) is 3.53. The van der Waals surface area contributed by atoms with Gasteiger partial charge in [-0.1, -0.05) is 32.3 Å². The Balaban J connectivity index is 2.32. The van der Waals surface area contributed by atoms with E-state index in [1.807, 2.05) is 0 Å². The van der Waals surface area contributed by atoms with Gasteiger partial charge in [-0.3, -0.25) is 0 Å². The molecule has 3 nitrogen and oxygen atoms in total. The number of nitrogens with one attached hydrogen (secondary N) is 1. The maximum Gasteiger partial charge on any atom is 0.125 e. The van der Waals surface area contributed by atoms with Crippen LogP contribution in [0.4, 0.5) is 5.69 Å². The number of ether oxygens (including phenoxy) is 1. The Hall–Kier alpha value is -1.22. The highest BCUT2D eigenvalue weighted by molar-refractivity contribution is 5.61. The van der Waals surface area contributed by atoms with Gasteiger partial charge in [-0.2, -0.15) is 0 Å². The molecule has 1 aliphatic carbocycles. The van der Waals surface area contributed by atoms with Gasteiger partial charge >= 0.3 is 0 Å². The fraction of sp³-hybridized carbons (Fsp3) is 0.667. The topological polar surface area (TPSA) is 24.5 Å². The van der Waals surface area contributed by atoms with Crippen LogP contribution in [0.15, 0.2) is 18.2 Å². The molecule has 0 bridgehead atoms. The molecule has 0 aromatic heterocycles. The summed E-state index contributed by atoms with van der Waals surface area (Å²) in [4.78, 5) is 2.48. The van der Waals surface area contributed by atoms with Crippen LogP contribution in [0, 0.1) is 0 Å². The fourth-order valence-electron chi connectivity index (χ4n) is 3.53. The lowest BCUT2D eigenvalue weighted by molar-refractivity contribution is 0.399. The molecule has 3 heteroatoms. The Morgan fingerprint density at radius 3 is 2.62 bits per heavy atom. The molecular formula is C18H30N2O. The first-order valence-electron chi connectivity index (χ1n) is 8.32. The molecule has 1 aromatic carbocycles. The second kappa shape index (κ2) is 7.69. The van der Waals surface area contributed by atoms with Gasteiger partial charge in [0, 0.05) is 30.4 Å². The van der Waals surface area contributed by atoms with Crippen molar-refractivity contribution in [2.45, 2.75) is 58.0 Å². The molecule has 1 aliphatic rings. The summed E-state index contributed by atoms with van der Waals surface area (Å²) in [6.07, 6.45) is 6.72. The summed E-state index contributed by atoms with van der Waals surface area (Å²) in [5.41, 5.74) is 2.60. The molecule has 0 aliphatic heterocycles. The van der Waals surface area contributed by atoms with E-state index >= 15 is 0 Å². The molecule has 1 atom stereocenters. The van der Waals surface area contributed by atoms with Crippen LogP contribution in [0.2, 0.25) is 0 Å². The summed E-state index contributed by atoms with van der Waals surface area (Å²) in [5.74, 6) is 0.989. The molecule has 1 saturated carbocycles. The Morgan fingerprint density at radius 2 is 2.00 bits per heavy atom. The molecule has 0 saturated heterocycles. The second-order valence-corrected chi connectivity index (χ2v) is 6.08. The van der Waals surface area contributed by atoms with Crippen molar-refractivity contribution in [2.24, 2.45) is 0 Å². The fourth-order valence-corrected chi connectivity index (χ4v) is 3.53. The summed E-state index contributed by atoms with van der Waals surface area (Å²) in [7, 11) is 4.01. The maximum absolute atomic E-state index is 5.62. The van der Waals surface area contributed by atoms with Crippen LogP contribution in [0.3, 0.4) is 0 Å². The predicted molar refractivity (Wildman–Crippen MR) is 90.4 cm³/mol. The number of nitrogens with zero attached hydrogens (tertiary/aromatic N) is 1. The van der Waals surface area contributed by atoms with Crippen LogP contribution in [0.25, 0.3) is 0 Å². The average molecular weight is 290 g/mol. The molecule has 1 aromatic rings. The second-order valence-electron chi connectivity index (χ2n) is 6.08. The summed E-state index contributed by atoms with van der Waals surface area (Å²) in [6.45, 7) is 5.34. The van der Waals surface area contributed by atoms with E-state index < -0.39 is 0 Å². The minimum absolute atomic E-state index is 0.298. The monoisotopic (exact) mass is 290 g/mol. The van der Waals surface area contributed by atoms with Gasteiger partial charge in [-0.15, -0.1) is 0 Å². The van der Waals surface area contributed by atoms with Gasteiger partial charge in [0.15, 0.2) is 0 Å². The van der Waals surface area contributed by atoms with Crippen molar-refractivity contribution in [3.63, 3.8) is 0 Å². The summed E-state index contributed by atoms with van der Waals surface area (Å²) >= 11 is 0. The van der Waals surface area contributed by atoms with Crippen molar-refractivity contribution in [3.05, 3.63) is 23.8 Å². The van der Waals surface area contributed by atoms with E-state index in [1.54, 1.807) is 7.11 Å². The normalized spacial score (nSPS) is 17.5. The molecule has 2 rings (SSSR count). The van der Waals surface area contributed by atoms with Gasteiger partial charge in [0.25, 0.3) is 0 Å². The van der Waals surface area contributed by atoms with E-state index in [-0.39, 0.29) is 0 Å². The number of hydrogen-bond acceptors (Lipinski definition) is 3.